The molecule has 41 heavy (non-hydrogen) atoms. The predicted octanol–water partition coefficient (Wildman–Crippen LogP) is 4.13. The van der Waals surface area contributed by atoms with E-state index < -0.39 is 23.6 Å². The van der Waals surface area contributed by atoms with Crippen LogP contribution in [0.4, 0.5) is 8.78 Å². The van der Waals surface area contributed by atoms with Gasteiger partial charge in [-0.25, -0.2) is 13.8 Å². The molecule has 0 spiro atoms. The Kier molecular flexibility index (Phi) is 9.01. The van der Waals surface area contributed by atoms with E-state index in [0.717, 1.165) is 13.1 Å². The quantitative estimate of drug-likeness (QED) is 0.392. The van der Waals surface area contributed by atoms with Crippen LogP contribution in [-0.2, 0) is 9.53 Å². The summed E-state index contributed by atoms with van der Waals surface area (Å²) in [4.78, 5) is 31.2. The van der Waals surface area contributed by atoms with Crippen LogP contribution in [0.15, 0.2) is 77.9 Å². The molecule has 0 unspecified atom stereocenters. The van der Waals surface area contributed by atoms with E-state index >= 15 is 0 Å². The van der Waals surface area contributed by atoms with Gasteiger partial charge in [0.05, 0.1) is 32.1 Å². The van der Waals surface area contributed by atoms with Gasteiger partial charge in [0.15, 0.2) is 0 Å². The Hall–Kier alpha value is -4.15. The molecule has 0 aromatic heterocycles. The molecule has 3 aromatic rings. The van der Waals surface area contributed by atoms with Crippen LogP contribution in [0.2, 0.25) is 0 Å². The van der Waals surface area contributed by atoms with Crippen LogP contribution < -0.4 is 4.74 Å². The molecule has 1 fully saturated rings. The third-order valence-corrected chi connectivity index (χ3v) is 7.35. The lowest BCUT2D eigenvalue weighted by atomic mass is 9.98. The number of carbonyl (C=O) groups excluding carboxylic acids is 2. The number of amides is 2. The fourth-order valence-electron chi connectivity index (χ4n) is 5.03. The molecule has 0 saturated carbocycles. The van der Waals surface area contributed by atoms with Crippen LogP contribution in [0, 0.1) is 11.6 Å². The van der Waals surface area contributed by atoms with Gasteiger partial charge in [-0.05, 0) is 48.0 Å². The average Bonchev–Trinajstić information content (AvgIpc) is 3.45. The Morgan fingerprint density at radius 1 is 1.00 bits per heavy atom. The smallest absolute Gasteiger partial charge is 0.262 e. The molecule has 0 N–H and O–H groups in total. The molecule has 8 nitrogen and oxygen atoms in total. The highest BCUT2D eigenvalue weighted by atomic mass is 19.1. The second kappa shape index (κ2) is 13.0. The van der Waals surface area contributed by atoms with Crippen molar-refractivity contribution in [2.45, 2.75) is 12.5 Å². The Balaban J connectivity index is 1.41. The van der Waals surface area contributed by atoms with Crippen LogP contribution in [0.1, 0.15) is 33.9 Å². The normalized spacial score (nSPS) is 17.3. The first-order chi connectivity index (χ1) is 19.9. The van der Waals surface area contributed by atoms with E-state index in [9.17, 15) is 18.4 Å². The zero-order valence-electron chi connectivity index (χ0n) is 22.8. The van der Waals surface area contributed by atoms with Gasteiger partial charge in [0.2, 0.25) is 0 Å². The number of methoxy groups -OCH3 is 1. The number of benzene rings is 3. The molecule has 1 saturated heterocycles. The minimum Gasteiger partial charge on any atom is -0.497 e. The van der Waals surface area contributed by atoms with E-state index in [2.05, 4.69) is 10.0 Å². The number of rotatable bonds is 9. The number of nitrogens with zero attached hydrogens (tertiary/aromatic N) is 4. The summed E-state index contributed by atoms with van der Waals surface area (Å²) in [7, 11) is 1.55. The van der Waals surface area contributed by atoms with Crippen LogP contribution in [0.5, 0.6) is 5.75 Å². The number of hydrogen-bond acceptors (Lipinski definition) is 6. The van der Waals surface area contributed by atoms with Crippen molar-refractivity contribution in [2.75, 3.05) is 53.0 Å². The second-order valence-corrected chi connectivity index (χ2v) is 9.95. The van der Waals surface area contributed by atoms with Crippen molar-refractivity contribution in [3.05, 3.63) is 101 Å². The molecule has 0 aliphatic carbocycles. The van der Waals surface area contributed by atoms with E-state index in [4.69, 9.17) is 9.47 Å². The highest BCUT2D eigenvalue weighted by Gasteiger charge is 2.35. The zero-order valence-corrected chi connectivity index (χ0v) is 22.8. The Labute approximate surface area is 237 Å². The first kappa shape index (κ1) is 28.4. The average molecular weight is 563 g/mol. The third-order valence-electron chi connectivity index (χ3n) is 7.35. The van der Waals surface area contributed by atoms with E-state index in [0.29, 0.717) is 54.5 Å². The molecule has 1 atom stereocenters. The molecule has 5 rings (SSSR count). The predicted molar refractivity (Wildman–Crippen MR) is 150 cm³/mol. The highest BCUT2D eigenvalue weighted by Crippen LogP contribution is 2.33. The Morgan fingerprint density at radius 3 is 2.39 bits per heavy atom. The van der Waals surface area contributed by atoms with Crippen molar-refractivity contribution < 1.29 is 27.8 Å². The van der Waals surface area contributed by atoms with Gasteiger partial charge >= 0.3 is 0 Å². The molecule has 2 heterocycles. The standard InChI is InChI=1S/C31H32F2N4O4/c1-40-25-12-8-23(9-13-25)31(39)36(15-14-35-16-18-41-19-17-35)21-30(38)37-29(22-6-10-24(32)11-7-22)20-28(34-37)26-4-2-3-5-27(26)33/h2-13,29H,14-21H2,1H3/t29-/m0/s1. The van der Waals surface area contributed by atoms with Crippen molar-refractivity contribution >= 4 is 17.5 Å². The van der Waals surface area contributed by atoms with Crippen molar-refractivity contribution in [3.8, 4) is 5.75 Å². The highest BCUT2D eigenvalue weighted by molar-refractivity contribution is 6.04. The van der Waals surface area contributed by atoms with E-state index in [1.165, 1.54) is 28.1 Å². The minimum absolute atomic E-state index is 0.235. The molecule has 3 aromatic carbocycles. The van der Waals surface area contributed by atoms with E-state index in [1.807, 2.05) is 0 Å². The van der Waals surface area contributed by atoms with Gasteiger partial charge in [-0.2, -0.15) is 5.10 Å². The van der Waals surface area contributed by atoms with Crippen LogP contribution in [0.25, 0.3) is 0 Å². The van der Waals surface area contributed by atoms with Crippen molar-refractivity contribution in [3.63, 3.8) is 0 Å². The molecular weight excluding hydrogens is 530 g/mol. The third kappa shape index (κ3) is 6.78. The molecule has 0 bridgehead atoms. The molecule has 0 radical (unpaired) electrons. The lowest BCUT2D eigenvalue weighted by Crippen LogP contribution is -2.46. The fourth-order valence-corrected chi connectivity index (χ4v) is 5.03. The molecule has 2 aliphatic heterocycles. The minimum atomic E-state index is -0.574. The fraction of sp³-hybridized carbons (Fsp3) is 0.323. The van der Waals surface area contributed by atoms with Gasteiger partial charge < -0.3 is 14.4 Å². The summed E-state index contributed by atoms with van der Waals surface area (Å²) in [5.41, 5.74) is 1.80. The summed E-state index contributed by atoms with van der Waals surface area (Å²) in [6, 6.07) is 18.2. The van der Waals surface area contributed by atoms with E-state index in [-0.39, 0.29) is 18.9 Å². The van der Waals surface area contributed by atoms with Crippen LogP contribution in [0.3, 0.4) is 0 Å². The van der Waals surface area contributed by atoms with Gasteiger partial charge in [-0.15, -0.1) is 0 Å². The monoisotopic (exact) mass is 562 g/mol. The number of ether oxygens (including phenoxy) is 2. The summed E-state index contributed by atoms with van der Waals surface area (Å²) in [5, 5.41) is 5.85. The van der Waals surface area contributed by atoms with E-state index in [1.54, 1.807) is 61.7 Å². The molecule has 2 aliphatic rings. The number of hydrogen-bond donors (Lipinski definition) is 0. The van der Waals surface area contributed by atoms with Crippen LogP contribution >= 0.6 is 0 Å². The summed E-state index contributed by atoms with van der Waals surface area (Å²) >= 11 is 0. The lowest BCUT2D eigenvalue weighted by molar-refractivity contribution is -0.133. The summed E-state index contributed by atoms with van der Waals surface area (Å²) < 4.78 is 39.0. The number of morpholine rings is 1. The number of halogens is 2. The summed E-state index contributed by atoms with van der Waals surface area (Å²) in [5.74, 6) is -0.953. The van der Waals surface area contributed by atoms with Crippen LogP contribution in [-0.4, -0.2) is 85.4 Å². The van der Waals surface area contributed by atoms with Gasteiger partial charge in [0.25, 0.3) is 11.8 Å². The molecule has 214 valence electrons. The van der Waals surface area contributed by atoms with Crippen molar-refractivity contribution in [1.82, 2.24) is 14.8 Å². The Morgan fingerprint density at radius 2 is 1.71 bits per heavy atom. The largest absolute Gasteiger partial charge is 0.497 e. The summed E-state index contributed by atoms with van der Waals surface area (Å²) in [6.07, 6.45) is 0.249. The van der Waals surface area contributed by atoms with Gasteiger partial charge in [-0.1, -0.05) is 30.3 Å². The second-order valence-electron chi connectivity index (χ2n) is 9.95. The van der Waals surface area contributed by atoms with Crippen molar-refractivity contribution in [2.24, 2.45) is 5.10 Å². The maximum atomic E-state index is 14.7. The topological polar surface area (TPSA) is 74.7 Å². The first-order valence-corrected chi connectivity index (χ1v) is 13.6. The number of carbonyl (C=O) groups is 2. The number of hydrazone groups is 1. The molecular formula is C31H32F2N4O4. The van der Waals surface area contributed by atoms with Crippen molar-refractivity contribution in [1.29, 1.82) is 0 Å². The molecule has 10 heteroatoms. The Bertz CT molecular complexity index is 1390. The van der Waals surface area contributed by atoms with Gasteiger partial charge in [0, 0.05) is 43.7 Å². The zero-order chi connectivity index (χ0) is 28.8. The molecule has 2 amide bonds. The summed E-state index contributed by atoms with van der Waals surface area (Å²) in [6.45, 7) is 3.37. The SMILES string of the molecule is COc1ccc(C(=O)N(CCN2CCOCC2)CC(=O)N2N=C(c3ccccc3F)C[C@H]2c2ccc(F)cc2)cc1. The van der Waals surface area contributed by atoms with Gasteiger partial charge in [0.1, 0.15) is 23.9 Å². The maximum absolute atomic E-state index is 14.7. The lowest BCUT2D eigenvalue weighted by Gasteiger charge is -2.31. The maximum Gasteiger partial charge on any atom is 0.262 e. The first-order valence-electron chi connectivity index (χ1n) is 13.6. The van der Waals surface area contributed by atoms with Gasteiger partial charge in [-0.3, -0.25) is 14.5 Å².